The van der Waals surface area contributed by atoms with Crippen LogP contribution in [-0.2, 0) is 11.0 Å². The second-order valence-corrected chi connectivity index (χ2v) is 10.0. The summed E-state index contributed by atoms with van der Waals surface area (Å²) in [7, 11) is 0. The third kappa shape index (κ3) is 7.39. The van der Waals surface area contributed by atoms with Crippen LogP contribution in [0.3, 0.4) is 0 Å². The number of aromatic hydroxyl groups is 1. The van der Waals surface area contributed by atoms with Crippen molar-refractivity contribution in [2.24, 2.45) is 10.9 Å². The lowest BCUT2D eigenvalue weighted by Gasteiger charge is -2.28. The lowest BCUT2D eigenvalue weighted by molar-refractivity contribution is 0.365. The van der Waals surface area contributed by atoms with Gasteiger partial charge in [0.15, 0.2) is 5.17 Å². The van der Waals surface area contributed by atoms with Gasteiger partial charge in [0, 0.05) is 22.4 Å². The van der Waals surface area contributed by atoms with Gasteiger partial charge in [-0.05, 0) is 59.5 Å². The molecular formula is C25H25ClFIN2OS. The van der Waals surface area contributed by atoms with Crippen molar-refractivity contribution in [2.75, 3.05) is 6.54 Å². The highest BCUT2D eigenvalue weighted by atomic mass is 127. The summed E-state index contributed by atoms with van der Waals surface area (Å²) >= 11 is 9.93. The number of benzene rings is 3. The standard InChI is InChI=1S/C25H25ClFIN2OS/c1-17(2)15-30(16-19-3-8-21(31)9-4-19)25(29-20-7-12-24(27)23(26)13-20)32-22-10-5-18(14-28)6-11-22/h3-13,17,31H,14-16H2,1-2H3. The first-order chi connectivity index (χ1) is 15.3. The van der Waals surface area contributed by atoms with E-state index in [0.717, 1.165) is 26.6 Å². The van der Waals surface area contributed by atoms with Crippen LogP contribution in [0.4, 0.5) is 10.1 Å². The SMILES string of the molecule is CC(C)CN(Cc1ccc(O)cc1)C(=Nc1ccc(F)c(Cl)c1)Sc1ccc(CI)cc1. The fraction of sp³-hybridized carbons (Fsp3) is 0.240. The second-order valence-electron chi connectivity index (χ2n) is 7.81. The van der Waals surface area contributed by atoms with E-state index in [9.17, 15) is 9.50 Å². The Kier molecular flexibility index (Phi) is 9.25. The Morgan fingerprint density at radius 3 is 2.31 bits per heavy atom. The first-order valence-corrected chi connectivity index (χ1v) is 13.0. The number of hydrogen-bond donors (Lipinski definition) is 1. The summed E-state index contributed by atoms with van der Waals surface area (Å²) < 4.78 is 14.6. The van der Waals surface area contributed by atoms with Crippen LogP contribution in [0.15, 0.2) is 76.6 Å². The van der Waals surface area contributed by atoms with Crippen molar-refractivity contribution in [3.8, 4) is 5.75 Å². The molecule has 168 valence electrons. The quantitative estimate of drug-likeness (QED) is 0.101. The monoisotopic (exact) mass is 582 g/mol. The van der Waals surface area contributed by atoms with Crippen LogP contribution in [0.25, 0.3) is 0 Å². The molecule has 3 aromatic carbocycles. The van der Waals surface area contributed by atoms with Gasteiger partial charge in [0.1, 0.15) is 11.6 Å². The van der Waals surface area contributed by atoms with Crippen molar-refractivity contribution in [1.82, 2.24) is 4.90 Å². The summed E-state index contributed by atoms with van der Waals surface area (Å²) in [5.41, 5.74) is 2.93. The minimum atomic E-state index is -0.461. The average Bonchev–Trinajstić information content (AvgIpc) is 2.77. The number of amidine groups is 1. The molecule has 0 saturated carbocycles. The highest BCUT2D eigenvalue weighted by Crippen LogP contribution is 2.29. The summed E-state index contributed by atoms with van der Waals surface area (Å²) in [4.78, 5) is 8.16. The number of hydrogen-bond acceptors (Lipinski definition) is 3. The molecule has 0 unspecified atom stereocenters. The smallest absolute Gasteiger partial charge is 0.169 e. The van der Waals surface area contributed by atoms with E-state index in [2.05, 4.69) is 65.6 Å². The number of thioether (sulfide) groups is 1. The highest BCUT2D eigenvalue weighted by molar-refractivity contribution is 14.1. The Morgan fingerprint density at radius 2 is 1.72 bits per heavy atom. The van der Waals surface area contributed by atoms with E-state index in [1.54, 1.807) is 36.0 Å². The highest BCUT2D eigenvalue weighted by Gasteiger charge is 2.17. The topological polar surface area (TPSA) is 35.8 Å². The maximum absolute atomic E-state index is 13.7. The number of phenolic OH excluding ortho intramolecular Hbond substituents is 1. The largest absolute Gasteiger partial charge is 0.508 e. The molecule has 0 fully saturated rings. The number of phenols is 1. The number of alkyl halides is 1. The maximum Gasteiger partial charge on any atom is 0.169 e. The Morgan fingerprint density at radius 1 is 1.06 bits per heavy atom. The van der Waals surface area contributed by atoms with Crippen LogP contribution < -0.4 is 0 Å². The summed E-state index contributed by atoms with van der Waals surface area (Å²) in [6, 6.07) is 20.2. The van der Waals surface area contributed by atoms with E-state index < -0.39 is 5.82 Å². The molecule has 0 heterocycles. The molecule has 0 bridgehead atoms. The van der Waals surface area contributed by atoms with Crippen molar-refractivity contribution in [1.29, 1.82) is 0 Å². The number of aliphatic imine (C=N–C) groups is 1. The van der Waals surface area contributed by atoms with E-state index in [0.29, 0.717) is 18.2 Å². The van der Waals surface area contributed by atoms with Gasteiger partial charge in [0.25, 0.3) is 0 Å². The number of rotatable bonds is 7. The maximum atomic E-state index is 13.7. The summed E-state index contributed by atoms with van der Waals surface area (Å²) in [6.45, 7) is 5.74. The van der Waals surface area contributed by atoms with Gasteiger partial charge in [-0.3, -0.25) is 0 Å². The predicted octanol–water partition coefficient (Wildman–Crippen LogP) is 8.06. The van der Waals surface area contributed by atoms with Gasteiger partial charge >= 0.3 is 0 Å². The molecule has 0 spiro atoms. The summed E-state index contributed by atoms with van der Waals surface area (Å²) in [5.74, 6) is 0.178. The minimum Gasteiger partial charge on any atom is -0.508 e. The molecule has 3 nitrogen and oxygen atoms in total. The van der Waals surface area contributed by atoms with Crippen LogP contribution in [-0.4, -0.2) is 21.7 Å². The first kappa shape index (κ1) is 24.9. The fourth-order valence-electron chi connectivity index (χ4n) is 3.05. The molecule has 32 heavy (non-hydrogen) atoms. The molecule has 3 rings (SSSR count). The van der Waals surface area contributed by atoms with E-state index in [1.165, 1.54) is 11.6 Å². The van der Waals surface area contributed by atoms with Crippen molar-refractivity contribution < 1.29 is 9.50 Å². The molecule has 3 aromatic rings. The first-order valence-electron chi connectivity index (χ1n) is 10.2. The zero-order chi connectivity index (χ0) is 23.1. The Labute approximate surface area is 211 Å². The van der Waals surface area contributed by atoms with Crippen molar-refractivity contribution >= 4 is 56.8 Å². The lowest BCUT2D eigenvalue weighted by Crippen LogP contribution is -2.32. The molecule has 0 radical (unpaired) electrons. The minimum absolute atomic E-state index is 0.0518. The Hall–Kier alpha value is -1.77. The average molecular weight is 583 g/mol. The zero-order valence-corrected chi connectivity index (χ0v) is 21.7. The van der Waals surface area contributed by atoms with Crippen LogP contribution in [0.1, 0.15) is 25.0 Å². The molecule has 0 amide bonds. The van der Waals surface area contributed by atoms with Gasteiger partial charge in [-0.25, -0.2) is 9.38 Å². The van der Waals surface area contributed by atoms with Crippen LogP contribution >= 0.6 is 46.0 Å². The van der Waals surface area contributed by atoms with E-state index >= 15 is 0 Å². The molecule has 0 atom stereocenters. The number of halogens is 3. The lowest BCUT2D eigenvalue weighted by atomic mass is 10.1. The van der Waals surface area contributed by atoms with Crippen molar-refractivity contribution in [3.63, 3.8) is 0 Å². The molecule has 1 N–H and O–H groups in total. The van der Waals surface area contributed by atoms with E-state index in [1.807, 2.05) is 12.1 Å². The third-order valence-corrected chi connectivity index (χ3v) is 6.79. The van der Waals surface area contributed by atoms with Gasteiger partial charge in [0.2, 0.25) is 0 Å². The van der Waals surface area contributed by atoms with E-state index in [-0.39, 0.29) is 10.8 Å². The van der Waals surface area contributed by atoms with Gasteiger partial charge in [0.05, 0.1) is 10.7 Å². The fourth-order valence-corrected chi connectivity index (χ4v) is 4.63. The molecular weight excluding hydrogens is 558 g/mol. The molecule has 0 saturated heterocycles. The Balaban J connectivity index is 1.99. The van der Waals surface area contributed by atoms with Crippen LogP contribution in [0.5, 0.6) is 5.75 Å². The van der Waals surface area contributed by atoms with Crippen molar-refractivity contribution in [3.05, 3.63) is 88.7 Å². The van der Waals surface area contributed by atoms with Crippen molar-refractivity contribution in [2.45, 2.75) is 29.7 Å². The van der Waals surface area contributed by atoms with Gasteiger partial charge < -0.3 is 10.0 Å². The molecule has 0 aliphatic rings. The predicted molar refractivity (Wildman–Crippen MR) is 142 cm³/mol. The Bertz CT molecular complexity index is 1060. The molecule has 0 aromatic heterocycles. The summed E-state index contributed by atoms with van der Waals surface area (Å²) in [5, 5.41) is 10.5. The van der Waals surface area contributed by atoms with E-state index in [4.69, 9.17) is 16.6 Å². The van der Waals surface area contributed by atoms with Gasteiger partial charge in [-0.15, -0.1) is 0 Å². The van der Waals surface area contributed by atoms with Gasteiger partial charge in [-0.2, -0.15) is 0 Å². The second kappa shape index (κ2) is 11.9. The molecule has 0 aliphatic carbocycles. The normalized spacial score (nSPS) is 11.8. The third-order valence-electron chi connectivity index (χ3n) is 4.58. The van der Waals surface area contributed by atoms with Crippen LogP contribution in [0.2, 0.25) is 5.02 Å². The molecule has 0 aliphatic heterocycles. The summed E-state index contributed by atoms with van der Waals surface area (Å²) in [6.07, 6.45) is 0. The van der Waals surface area contributed by atoms with Crippen LogP contribution in [0, 0.1) is 11.7 Å². The molecule has 7 heteroatoms. The number of nitrogens with zero attached hydrogens (tertiary/aromatic N) is 2. The zero-order valence-electron chi connectivity index (χ0n) is 17.9. The van der Waals surface area contributed by atoms with Gasteiger partial charge in [-0.1, -0.05) is 84.1 Å².